The molecule has 0 aliphatic carbocycles. The van der Waals surface area contributed by atoms with Crippen LogP contribution in [0.3, 0.4) is 0 Å². The molecule has 0 spiro atoms. The first-order valence-corrected chi connectivity index (χ1v) is 8.52. The van der Waals surface area contributed by atoms with Crippen LogP contribution < -0.4 is 10.1 Å². The lowest BCUT2D eigenvalue weighted by molar-refractivity contribution is -0.143. The van der Waals surface area contributed by atoms with Gasteiger partial charge in [-0.1, -0.05) is 19.1 Å². The van der Waals surface area contributed by atoms with Crippen LogP contribution in [0.15, 0.2) is 24.3 Å². The molecule has 1 aromatic carbocycles. The number of ether oxygens (including phenoxy) is 1. The van der Waals surface area contributed by atoms with E-state index in [4.69, 9.17) is 9.84 Å². The summed E-state index contributed by atoms with van der Waals surface area (Å²) in [6.45, 7) is 4.90. The molecule has 0 saturated carbocycles. The molecule has 24 heavy (non-hydrogen) atoms. The third-order valence-corrected chi connectivity index (χ3v) is 4.19. The monoisotopic (exact) mass is 334 g/mol. The van der Waals surface area contributed by atoms with E-state index < -0.39 is 5.97 Å². The molecule has 6 heteroatoms. The number of nitrogens with one attached hydrogen (secondary N) is 1. The second-order valence-electron chi connectivity index (χ2n) is 6.16. The van der Waals surface area contributed by atoms with Crippen LogP contribution in [0.4, 0.5) is 0 Å². The molecule has 0 bridgehead atoms. The largest absolute Gasteiger partial charge is 0.494 e. The molecule has 0 radical (unpaired) electrons. The van der Waals surface area contributed by atoms with Gasteiger partial charge in [0.05, 0.1) is 19.1 Å². The van der Waals surface area contributed by atoms with Gasteiger partial charge in [0.1, 0.15) is 5.75 Å². The molecule has 2 rings (SSSR count). The molecule has 1 amide bonds. The van der Waals surface area contributed by atoms with Gasteiger partial charge in [0.25, 0.3) is 0 Å². The molecular formula is C18H26N2O4. The van der Waals surface area contributed by atoms with E-state index in [-0.39, 0.29) is 11.8 Å². The highest BCUT2D eigenvalue weighted by Gasteiger charge is 2.25. The first-order valence-electron chi connectivity index (χ1n) is 8.52. The molecule has 1 saturated heterocycles. The lowest BCUT2D eigenvalue weighted by atomic mass is 9.97. The number of hydrogen-bond acceptors (Lipinski definition) is 4. The second kappa shape index (κ2) is 9.27. The zero-order chi connectivity index (χ0) is 17.4. The van der Waals surface area contributed by atoms with Crippen LogP contribution in [0.1, 0.15) is 31.7 Å². The van der Waals surface area contributed by atoms with Gasteiger partial charge in [-0.3, -0.25) is 14.5 Å². The Morgan fingerprint density at radius 1 is 1.25 bits per heavy atom. The number of carboxylic acids is 1. The quantitative estimate of drug-likeness (QED) is 0.759. The molecule has 0 aromatic heterocycles. The van der Waals surface area contributed by atoms with E-state index in [1.807, 2.05) is 29.2 Å². The molecule has 2 N–H and O–H groups in total. The molecule has 1 fully saturated rings. The highest BCUT2D eigenvalue weighted by atomic mass is 16.5. The average Bonchev–Trinajstić information content (AvgIpc) is 2.59. The van der Waals surface area contributed by atoms with Crippen molar-refractivity contribution in [1.82, 2.24) is 10.2 Å². The van der Waals surface area contributed by atoms with Gasteiger partial charge in [-0.25, -0.2) is 0 Å². The number of amides is 1. The van der Waals surface area contributed by atoms with Crippen LogP contribution in [0.25, 0.3) is 0 Å². The molecule has 0 unspecified atom stereocenters. The van der Waals surface area contributed by atoms with E-state index in [1.54, 1.807) is 0 Å². The molecule has 132 valence electrons. The van der Waals surface area contributed by atoms with Crippen LogP contribution >= 0.6 is 0 Å². The van der Waals surface area contributed by atoms with Crippen molar-refractivity contribution in [3.05, 3.63) is 29.8 Å². The van der Waals surface area contributed by atoms with Gasteiger partial charge in [0, 0.05) is 6.54 Å². The highest BCUT2D eigenvalue weighted by molar-refractivity contribution is 5.78. The standard InChI is InChI=1S/C18H26N2O4/c1-2-11-24-16-5-3-14(4-6-16)12-19-17(21)13-20-9-7-15(8-10-20)18(22)23/h3-6,15H,2,7-13H2,1H3,(H,19,21)(H,22,23). The normalized spacial score (nSPS) is 15.9. The van der Waals surface area contributed by atoms with Crippen LogP contribution in [-0.2, 0) is 16.1 Å². The maximum atomic E-state index is 12.0. The number of aliphatic carboxylic acids is 1. The molecule has 1 heterocycles. The fourth-order valence-electron chi connectivity index (χ4n) is 2.72. The van der Waals surface area contributed by atoms with E-state index in [9.17, 15) is 9.59 Å². The number of carbonyl (C=O) groups excluding carboxylic acids is 1. The van der Waals surface area contributed by atoms with Crippen molar-refractivity contribution in [1.29, 1.82) is 0 Å². The molecule has 1 aliphatic heterocycles. The molecular weight excluding hydrogens is 308 g/mol. The molecule has 1 aromatic rings. The van der Waals surface area contributed by atoms with Crippen molar-refractivity contribution in [2.24, 2.45) is 5.92 Å². The number of benzene rings is 1. The number of carboxylic acid groups (broad SMARTS) is 1. The minimum Gasteiger partial charge on any atom is -0.494 e. The number of likely N-dealkylation sites (tertiary alicyclic amines) is 1. The Labute approximate surface area is 142 Å². The van der Waals surface area contributed by atoms with Crippen molar-refractivity contribution >= 4 is 11.9 Å². The van der Waals surface area contributed by atoms with Gasteiger partial charge in [-0.15, -0.1) is 0 Å². The van der Waals surface area contributed by atoms with E-state index >= 15 is 0 Å². The first kappa shape index (κ1) is 18.3. The average molecular weight is 334 g/mol. The van der Waals surface area contributed by atoms with Crippen LogP contribution in [0.5, 0.6) is 5.75 Å². The summed E-state index contributed by atoms with van der Waals surface area (Å²) < 4.78 is 5.53. The van der Waals surface area contributed by atoms with E-state index in [0.29, 0.717) is 45.6 Å². The highest BCUT2D eigenvalue weighted by Crippen LogP contribution is 2.17. The van der Waals surface area contributed by atoms with Crippen molar-refractivity contribution in [2.75, 3.05) is 26.2 Å². The lowest BCUT2D eigenvalue weighted by Crippen LogP contribution is -2.42. The number of nitrogens with zero attached hydrogens (tertiary/aromatic N) is 1. The lowest BCUT2D eigenvalue weighted by Gasteiger charge is -2.29. The summed E-state index contributed by atoms with van der Waals surface area (Å²) in [5.74, 6) is -0.188. The number of hydrogen-bond donors (Lipinski definition) is 2. The second-order valence-corrected chi connectivity index (χ2v) is 6.16. The van der Waals surface area contributed by atoms with Crippen LogP contribution in [-0.4, -0.2) is 48.1 Å². The zero-order valence-electron chi connectivity index (χ0n) is 14.2. The van der Waals surface area contributed by atoms with Gasteiger partial charge in [-0.05, 0) is 50.0 Å². The predicted octanol–water partition coefficient (Wildman–Crippen LogP) is 1.89. The number of rotatable bonds is 8. The SMILES string of the molecule is CCCOc1ccc(CNC(=O)CN2CCC(C(=O)O)CC2)cc1. The Morgan fingerprint density at radius 2 is 1.92 bits per heavy atom. The van der Waals surface area contributed by atoms with Crippen molar-refractivity contribution in [3.8, 4) is 5.75 Å². The van der Waals surface area contributed by atoms with Crippen molar-refractivity contribution in [3.63, 3.8) is 0 Å². The minimum absolute atomic E-state index is 0.0323. The Bertz CT molecular complexity index is 536. The van der Waals surface area contributed by atoms with Gasteiger partial charge in [0.2, 0.25) is 5.91 Å². The van der Waals surface area contributed by atoms with E-state index in [0.717, 1.165) is 17.7 Å². The maximum Gasteiger partial charge on any atom is 0.306 e. The van der Waals surface area contributed by atoms with Crippen LogP contribution in [0, 0.1) is 5.92 Å². The summed E-state index contributed by atoms with van der Waals surface area (Å²) in [5.41, 5.74) is 1.02. The zero-order valence-corrected chi connectivity index (χ0v) is 14.2. The molecule has 6 nitrogen and oxygen atoms in total. The number of carbonyl (C=O) groups is 2. The summed E-state index contributed by atoms with van der Waals surface area (Å²) >= 11 is 0. The molecule has 1 aliphatic rings. The smallest absolute Gasteiger partial charge is 0.306 e. The predicted molar refractivity (Wildman–Crippen MR) is 90.9 cm³/mol. The maximum absolute atomic E-state index is 12.0. The van der Waals surface area contributed by atoms with Crippen molar-refractivity contribution in [2.45, 2.75) is 32.7 Å². The summed E-state index contributed by atoms with van der Waals surface area (Å²) in [4.78, 5) is 24.9. The van der Waals surface area contributed by atoms with Crippen LogP contribution in [0.2, 0.25) is 0 Å². The van der Waals surface area contributed by atoms with Crippen molar-refractivity contribution < 1.29 is 19.4 Å². The number of piperidine rings is 1. The Kier molecular flexibility index (Phi) is 7.06. The fourth-order valence-corrected chi connectivity index (χ4v) is 2.72. The summed E-state index contributed by atoms with van der Waals surface area (Å²) in [7, 11) is 0. The van der Waals surface area contributed by atoms with E-state index in [2.05, 4.69) is 12.2 Å². The Morgan fingerprint density at radius 3 is 2.50 bits per heavy atom. The van der Waals surface area contributed by atoms with Gasteiger partial charge < -0.3 is 15.2 Å². The summed E-state index contributed by atoms with van der Waals surface area (Å²) in [5, 5.41) is 11.9. The first-order chi connectivity index (χ1) is 11.6. The Hall–Kier alpha value is -2.08. The third-order valence-electron chi connectivity index (χ3n) is 4.19. The van der Waals surface area contributed by atoms with Gasteiger partial charge in [0.15, 0.2) is 0 Å². The molecule has 0 atom stereocenters. The van der Waals surface area contributed by atoms with Gasteiger partial charge >= 0.3 is 5.97 Å². The summed E-state index contributed by atoms with van der Waals surface area (Å²) in [6, 6.07) is 7.72. The topological polar surface area (TPSA) is 78.9 Å². The minimum atomic E-state index is -0.731. The summed E-state index contributed by atoms with van der Waals surface area (Å²) in [6.07, 6.45) is 2.20. The third kappa shape index (κ3) is 5.85. The van der Waals surface area contributed by atoms with E-state index in [1.165, 1.54) is 0 Å². The fraction of sp³-hybridized carbons (Fsp3) is 0.556. The Balaban J connectivity index is 1.69. The van der Waals surface area contributed by atoms with Gasteiger partial charge in [-0.2, -0.15) is 0 Å².